The van der Waals surface area contributed by atoms with E-state index in [1.807, 2.05) is 0 Å². The third-order valence-electron chi connectivity index (χ3n) is 5.47. The summed E-state index contributed by atoms with van der Waals surface area (Å²) < 4.78 is 31.3. The number of carbonyl (C=O) groups is 3. The number of hydrogen-bond acceptors (Lipinski definition) is 7. The van der Waals surface area contributed by atoms with E-state index in [2.05, 4.69) is 10.6 Å². The SMILES string of the molecule is C[C@@H]1O[C@H](CCc2c(F)cccc2NC(=O)CNC(=O)OC(C)(C)C)CN(C(=O)OC(C)(C)C)[C@@H]1CO. The zero-order chi connectivity index (χ0) is 28.0. The van der Waals surface area contributed by atoms with Crippen LogP contribution in [-0.2, 0) is 25.4 Å². The van der Waals surface area contributed by atoms with E-state index in [0.717, 1.165) is 0 Å². The lowest BCUT2D eigenvalue weighted by atomic mass is 10.0. The number of hydrogen-bond donors (Lipinski definition) is 3. The lowest BCUT2D eigenvalue weighted by Crippen LogP contribution is -2.58. The third-order valence-corrected chi connectivity index (χ3v) is 5.47. The molecule has 2 rings (SSSR count). The molecule has 1 saturated heterocycles. The fourth-order valence-corrected chi connectivity index (χ4v) is 3.88. The van der Waals surface area contributed by atoms with Crippen LogP contribution in [0.4, 0.5) is 19.7 Å². The number of aliphatic hydroxyl groups excluding tert-OH is 1. The number of carbonyl (C=O) groups excluding carboxylic acids is 3. The first-order valence-corrected chi connectivity index (χ1v) is 12.4. The van der Waals surface area contributed by atoms with Crippen LogP contribution >= 0.6 is 0 Å². The van der Waals surface area contributed by atoms with Crippen molar-refractivity contribution in [3.8, 4) is 0 Å². The minimum Gasteiger partial charge on any atom is -0.444 e. The van der Waals surface area contributed by atoms with E-state index < -0.39 is 53.4 Å². The molecule has 3 amide bonds. The van der Waals surface area contributed by atoms with Gasteiger partial charge in [0.15, 0.2) is 0 Å². The van der Waals surface area contributed by atoms with E-state index in [4.69, 9.17) is 14.2 Å². The highest BCUT2D eigenvalue weighted by molar-refractivity contribution is 5.94. The first kappa shape index (κ1) is 30.3. The van der Waals surface area contributed by atoms with Gasteiger partial charge in [-0.2, -0.15) is 0 Å². The molecule has 1 aromatic rings. The summed E-state index contributed by atoms with van der Waals surface area (Å²) in [7, 11) is 0. The van der Waals surface area contributed by atoms with Crippen molar-refractivity contribution in [3.63, 3.8) is 0 Å². The van der Waals surface area contributed by atoms with E-state index in [1.165, 1.54) is 17.0 Å². The molecule has 1 aliphatic heterocycles. The van der Waals surface area contributed by atoms with Crippen molar-refractivity contribution < 1.29 is 38.1 Å². The Morgan fingerprint density at radius 3 is 2.38 bits per heavy atom. The predicted octanol–water partition coefficient (Wildman–Crippen LogP) is 3.61. The molecule has 208 valence electrons. The number of aliphatic hydroxyl groups is 1. The maximum absolute atomic E-state index is 14.7. The number of morpholine rings is 1. The van der Waals surface area contributed by atoms with Gasteiger partial charge in [0.25, 0.3) is 0 Å². The van der Waals surface area contributed by atoms with Crippen LogP contribution in [0, 0.1) is 5.82 Å². The molecule has 11 heteroatoms. The fourth-order valence-electron chi connectivity index (χ4n) is 3.88. The molecule has 1 aliphatic rings. The molecule has 0 aromatic heterocycles. The first-order valence-electron chi connectivity index (χ1n) is 12.4. The van der Waals surface area contributed by atoms with E-state index in [0.29, 0.717) is 6.42 Å². The Bertz CT molecular complexity index is 958. The second-order valence-corrected chi connectivity index (χ2v) is 11.1. The van der Waals surface area contributed by atoms with Crippen LogP contribution in [0.1, 0.15) is 60.5 Å². The van der Waals surface area contributed by atoms with Crippen LogP contribution in [0.3, 0.4) is 0 Å². The maximum Gasteiger partial charge on any atom is 0.410 e. The number of rotatable bonds is 7. The molecule has 3 atom stereocenters. The molecule has 1 heterocycles. The Kier molecular flexibility index (Phi) is 10.3. The standard InChI is InChI=1S/C26H40FN3O7/c1-16-21(15-31)30(24(34)37-26(5,6)7)14-17(35-16)11-12-18-19(27)9-8-10-20(18)29-22(32)13-28-23(33)36-25(2,3)4/h8-10,16-17,21,31H,11-15H2,1-7H3,(H,28,33)(H,29,32)/t16-,17+,21+/m0/s1. The molecule has 0 radical (unpaired) electrons. The Hall–Kier alpha value is -2.92. The van der Waals surface area contributed by atoms with E-state index in [-0.39, 0.29) is 37.4 Å². The maximum atomic E-state index is 14.7. The van der Waals surface area contributed by atoms with E-state index in [1.54, 1.807) is 54.5 Å². The summed E-state index contributed by atoms with van der Waals surface area (Å²) in [6.45, 7) is 11.7. The Morgan fingerprint density at radius 2 is 1.78 bits per heavy atom. The van der Waals surface area contributed by atoms with Gasteiger partial charge < -0.3 is 30.0 Å². The zero-order valence-electron chi connectivity index (χ0n) is 22.7. The molecule has 1 fully saturated rings. The molecular formula is C26H40FN3O7. The minimum atomic E-state index is -0.735. The van der Waals surface area contributed by atoms with Gasteiger partial charge in [0, 0.05) is 11.3 Å². The molecule has 0 unspecified atom stereocenters. The molecule has 1 aromatic carbocycles. The van der Waals surface area contributed by atoms with Gasteiger partial charge in [-0.25, -0.2) is 14.0 Å². The molecule has 37 heavy (non-hydrogen) atoms. The third kappa shape index (κ3) is 9.81. The highest BCUT2D eigenvalue weighted by Crippen LogP contribution is 2.26. The number of benzene rings is 1. The monoisotopic (exact) mass is 525 g/mol. The van der Waals surface area contributed by atoms with Gasteiger partial charge in [-0.15, -0.1) is 0 Å². The number of anilines is 1. The van der Waals surface area contributed by atoms with Gasteiger partial charge in [-0.1, -0.05) is 6.07 Å². The van der Waals surface area contributed by atoms with Gasteiger partial charge in [0.1, 0.15) is 23.6 Å². The van der Waals surface area contributed by atoms with Crippen LogP contribution < -0.4 is 10.6 Å². The predicted molar refractivity (Wildman–Crippen MR) is 136 cm³/mol. The van der Waals surface area contributed by atoms with Gasteiger partial charge in [0.2, 0.25) is 5.91 Å². The number of ether oxygens (including phenoxy) is 3. The second-order valence-electron chi connectivity index (χ2n) is 11.1. The van der Waals surface area contributed by atoms with Crippen LogP contribution in [0.25, 0.3) is 0 Å². The first-order chi connectivity index (χ1) is 17.1. The number of nitrogens with zero attached hydrogens (tertiary/aromatic N) is 1. The summed E-state index contributed by atoms with van der Waals surface area (Å²) in [5.74, 6) is -1.04. The van der Waals surface area contributed by atoms with Crippen molar-refractivity contribution in [2.75, 3.05) is 25.0 Å². The number of halogens is 1. The smallest absolute Gasteiger partial charge is 0.410 e. The van der Waals surface area contributed by atoms with Crippen molar-refractivity contribution in [2.45, 2.75) is 90.8 Å². The van der Waals surface area contributed by atoms with Crippen molar-refractivity contribution in [2.24, 2.45) is 0 Å². The van der Waals surface area contributed by atoms with Gasteiger partial charge >= 0.3 is 12.2 Å². The summed E-state index contributed by atoms with van der Waals surface area (Å²) in [4.78, 5) is 38.4. The Balaban J connectivity index is 2.05. The minimum absolute atomic E-state index is 0.167. The van der Waals surface area contributed by atoms with Gasteiger partial charge in [0.05, 0.1) is 31.4 Å². The lowest BCUT2D eigenvalue weighted by Gasteiger charge is -2.43. The summed E-state index contributed by atoms with van der Waals surface area (Å²) in [6, 6.07) is 3.78. The molecule has 0 aliphatic carbocycles. The number of alkyl carbamates (subject to hydrolysis) is 1. The summed E-state index contributed by atoms with van der Waals surface area (Å²) in [5.41, 5.74) is -0.854. The Labute approximate surface area is 217 Å². The van der Waals surface area contributed by atoms with Crippen molar-refractivity contribution in [3.05, 3.63) is 29.6 Å². The van der Waals surface area contributed by atoms with Crippen molar-refractivity contribution >= 4 is 23.8 Å². The van der Waals surface area contributed by atoms with Crippen LogP contribution in [0.2, 0.25) is 0 Å². The normalized spacial score (nSPS) is 20.2. The van der Waals surface area contributed by atoms with Crippen molar-refractivity contribution in [1.82, 2.24) is 10.2 Å². The van der Waals surface area contributed by atoms with E-state index in [9.17, 15) is 23.9 Å². The van der Waals surface area contributed by atoms with Crippen LogP contribution in [0.5, 0.6) is 0 Å². The second kappa shape index (κ2) is 12.6. The molecular weight excluding hydrogens is 485 g/mol. The number of nitrogens with one attached hydrogen (secondary N) is 2. The van der Waals surface area contributed by atoms with Gasteiger partial charge in [-0.05, 0) is 73.4 Å². The lowest BCUT2D eigenvalue weighted by molar-refractivity contribution is -0.122. The molecule has 10 nitrogen and oxygen atoms in total. The summed E-state index contributed by atoms with van der Waals surface area (Å²) in [6.07, 6.45) is -1.63. The molecule has 0 spiro atoms. The van der Waals surface area contributed by atoms with Crippen molar-refractivity contribution in [1.29, 1.82) is 0 Å². The average Bonchev–Trinajstić information content (AvgIpc) is 2.74. The zero-order valence-corrected chi connectivity index (χ0v) is 22.7. The van der Waals surface area contributed by atoms with Crippen LogP contribution in [0.15, 0.2) is 18.2 Å². The molecule has 0 saturated carbocycles. The van der Waals surface area contributed by atoms with E-state index >= 15 is 0 Å². The Morgan fingerprint density at radius 1 is 1.14 bits per heavy atom. The van der Waals surface area contributed by atoms with Gasteiger partial charge in [-0.3, -0.25) is 9.69 Å². The molecule has 0 bridgehead atoms. The summed E-state index contributed by atoms with van der Waals surface area (Å²) in [5, 5.41) is 14.8. The highest BCUT2D eigenvalue weighted by Gasteiger charge is 2.38. The number of amides is 3. The quantitative estimate of drug-likeness (QED) is 0.496. The fraction of sp³-hybridized carbons (Fsp3) is 0.654. The summed E-state index contributed by atoms with van der Waals surface area (Å²) >= 11 is 0. The topological polar surface area (TPSA) is 126 Å². The molecule has 3 N–H and O–H groups in total. The largest absolute Gasteiger partial charge is 0.444 e. The van der Waals surface area contributed by atoms with Crippen LogP contribution in [-0.4, -0.2) is 77.2 Å². The highest BCUT2D eigenvalue weighted by atomic mass is 19.1. The average molecular weight is 526 g/mol.